The van der Waals surface area contributed by atoms with Crippen LogP contribution in [0.15, 0.2) is 0 Å². The molecule has 0 aliphatic heterocycles. The fourth-order valence-electron chi connectivity index (χ4n) is 1.43. The number of rotatable bonds is 6. The fraction of sp³-hybridized carbons (Fsp3) is 0.909. The van der Waals surface area contributed by atoms with E-state index in [1.165, 1.54) is 12.8 Å². The van der Waals surface area contributed by atoms with E-state index in [2.05, 4.69) is 19.2 Å². The van der Waals surface area contributed by atoms with Gasteiger partial charge in [-0.05, 0) is 31.6 Å². The van der Waals surface area contributed by atoms with Gasteiger partial charge in [-0.1, -0.05) is 13.8 Å². The van der Waals surface area contributed by atoms with Gasteiger partial charge in [0.2, 0.25) is 5.91 Å². The molecule has 0 aromatic carbocycles. The van der Waals surface area contributed by atoms with Crippen molar-refractivity contribution >= 4 is 5.91 Å². The van der Waals surface area contributed by atoms with Crippen LogP contribution in [0.3, 0.4) is 0 Å². The molecule has 1 aliphatic rings. The lowest BCUT2D eigenvalue weighted by Gasteiger charge is -2.26. The van der Waals surface area contributed by atoms with Crippen LogP contribution in [0.25, 0.3) is 0 Å². The molecule has 0 aromatic rings. The van der Waals surface area contributed by atoms with Gasteiger partial charge < -0.3 is 11.1 Å². The number of amides is 1. The highest BCUT2D eigenvalue weighted by molar-refractivity contribution is 5.76. The number of hydrogen-bond acceptors (Lipinski definition) is 2. The van der Waals surface area contributed by atoms with Crippen LogP contribution in [0.1, 0.15) is 46.0 Å². The van der Waals surface area contributed by atoms with Gasteiger partial charge in [0.25, 0.3) is 0 Å². The van der Waals surface area contributed by atoms with Crippen molar-refractivity contribution in [3.8, 4) is 0 Å². The van der Waals surface area contributed by atoms with Gasteiger partial charge in [0, 0.05) is 18.5 Å². The maximum atomic E-state index is 11.4. The highest BCUT2D eigenvalue weighted by Gasteiger charge is 2.26. The second kappa shape index (κ2) is 4.78. The van der Waals surface area contributed by atoms with Crippen LogP contribution in [0, 0.1) is 5.92 Å². The molecular formula is C11H22N2O. The Labute approximate surface area is 86.4 Å². The van der Waals surface area contributed by atoms with Gasteiger partial charge in [-0.25, -0.2) is 0 Å². The van der Waals surface area contributed by atoms with Crippen LogP contribution >= 0.6 is 0 Å². The van der Waals surface area contributed by atoms with Crippen molar-refractivity contribution < 1.29 is 4.79 Å². The van der Waals surface area contributed by atoms with Crippen LogP contribution < -0.4 is 11.1 Å². The summed E-state index contributed by atoms with van der Waals surface area (Å²) in [7, 11) is 0. The van der Waals surface area contributed by atoms with Crippen molar-refractivity contribution in [3.05, 3.63) is 0 Å². The molecule has 0 heterocycles. The number of hydrogen-bond donors (Lipinski definition) is 2. The summed E-state index contributed by atoms with van der Waals surface area (Å²) < 4.78 is 0. The Morgan fingerprint density at radius 2 is 2.00 bits per heavy atom. The molecule has 3 N–H and O–H groups in total. The molecule has 3 nitrogen and oxygen atoms in total. The van der Waals surface area contributed by atoms with E-state index < -0.39 is 0 Å². The standard InChI is InChI=1S/C11H22N2O/c1-3-11(12,4-2)8-13-10(14)7-9-5-6-9/h9H,3-8,12H2,1-2H3,(H,13,14). The Kier molecular flexibility index (Phi) is 3.93. The number of carbonyl (C=O) groups excluding carboxylic acids is 1. The Balaban J connectivity index is 2.19. The SMILES string of the molecule is CCC(N)(CC)CNC(=O)CC1CC1. The Morgan fingerprint density at radius 3 is 2.43 bits per heavy atom. The minimum atomic E-state index is -0.209. The van der Waals surface area contributed by atoms with Gasteiger partial charge in [0.05, 0.1) is 0 Å². The summed E-state index contributed by atoms with van der Waals surface area (Å²) in [6, 6.07) is 0. The fourth-order valence-corrected chi connectivity index (χ4v) is 1.43. The van der Waals surface area contributed by atoms with E-state index in [-0.39, 0.29) is 11.4 Å². The van der Waals surface area contributed by atoms with E-state index in [0.717, 1.165) is 12.8 Å². The molecule has 0 radical (unpaired) electrons. The molecule has 1 saturated carbocycles. The van der Waals surface area contributed by atoms with Crippen LogP contribution in [0.4, 0.5) is 0 Å². The zero-order valence-electron chi connectivity index (χ0n) is 9.31. The van der Waals surface area contributed by atoms with E-state index in [9.17, 15) is 4.79 Å². The van der Waals surface area contributed by atoms with Gasteiger partial charge in [-0.2, -0.15) is 0 Å². The second-order valence-corrected chi connectivity index (χ2v) is 4.49. The molecule has 1 fully saturated rings. The minimum Gasteiger partial charge on any atom is -0.354 e. The molecule has 1 aliphatic carbocycles. The first-order chi connectivity index (χ1) is 6.59. The molecule has 14 heavy (non-hydrogen) atoms. The Bertz CT molecular complexity index is 195. The molecule has 1 amide bonds. The van der Waals surface area contributed by atoms with Gasteiger partial charge >= 0.3 is 0 Å². The van der Waals surface area contributed by atoms with E-state index in [4.69, 9.17) is 5.73 Å². The molecule has 0 bridgehead atoms. The Hall–Kier alpha value is -0.570. The summed E-state index contributed by atoms with van der Waals surface area (Å²) >= 11 is 0. The quantitative estimate of drug-likeness (QED) is 0.678. The summed E-state index contributed by atoms with van der Waals surface area (Å²) in [6.45, 7) is 4.75. The lowest BCUT2D eigenvalue weighted by atomic mass is 9.94. The largest absolute Gasteiger partial charge is 0.354 e. The monoisotopic (exact) mass is 198 g/mol. The number of nitrogens with two attached hydrogens (primary N) is 1. The molecule has 0 atom stereocenters. The molecule has 0 unspecified atom stereocenters. The van der Waals surface area contributed by atoms with Crippen molar-refractivity contribution in [3.63, 3.8) is 0 Å². The van der Waals surface area contributed by atoms with Gasteiger partial charge in [0.15, 0.2) is 0 Å². The molecule has 3 heteroatoms. The molecule has 0 saturated heterocycles. The minimum absolute atomic E-state index is 0.171. The highest BCUT2D eigenvalue weighted by Crippen LogP contribution is 2.32. The lowest BCUT2D eigenvalue weighted by Crippen LogP contribution is -2.49. The van der Waals surface area contributed by atoms with Crippen molar-refractivity contribution in [1.82, 2.24) is 5.32 Å². The molecule has 0 aromatic heterocycles. The van der Waals surface area contributed by atoms with E-state index in [1.807, 2.05) is 0 Å². The van der Waals surface area contributed by atoms with Crippen LogP contribution in [-0.4, -0.2) is 18.0 Å². The zero-order chi connectivity index (χ0) is 10.6. The van der Waals surface area contributed by atoms with Crippen molar-refractivity contribution in [2.75, 3.05) is 6.54 Å². The first-order valence-corrected chi connectivity index (χ1v) is 5.65. The van der Waals surface area contributed by atoms with Gasteiger partial charge in [0.1, 0.15) is 0 Å². The average molecular weight is 198 g/mol. The predicted octanol–water partition coefficient (Wildman–Crippen LogP) is 1.42. The van der Waals surface area contributed by atoms with Gasteiger partial charge in [-0.15, -0.1) is 0 Å². The lowest BCUT2D eigenvalue weighted by molar-refractivity contribution is -0.121. The van der Waals surface area contributed by atoms with Crippen LogP contribution in [0.5, 0.6) is 0 Å². The molecule has 0 spiro atoms. The van der Waals surface area contributed by atoms with Crippen molar-refractivity contribution in [1.29, 1.82) is 0 Å². The summed E-state index contributed by atoms with van der Waals surface area (Å²) in [5, 5.41) is 2.93. The summed E-state index contributed by atoms with van der Waals surface area (Å²) in [5.74, 6) is 0.828. The molecule has 1 rings (SSSR count). The zero-order valence-corrected chi connectivity index (χ0v) is 9.31. The molecular weight excluding hydrogens is 176 g/mol. The topological polar surface area (TPSA) is 55.1 Å². The Morgan fingerprint density at radius 1 is 1.43 bits per heavy atom. The maximum absolute atomic E-state index is 11.4. The van der Waals surface area contributed by atoms with E-state index in [0.29, 0.717) is 18.9 Å². The molecule has 82 valence electrons. The maximum Gasteiger partial charge on any atom is 0.220 e. The average Bonchev–Trinajstić information content (AvgIpc) is 2.98. The van der Waals surface area contributed by atoms with Crippen LogP contribution in [0.2, 0.25) is 0 Å². The number of nitrogens with one attached hydrogen (secondary N) is 1. The van der Waals surface area contributed by atoms with Crippen LogP contribution in [-0.2, 0) is 4.79 Å². The third-order valence-electron chi connectivity index (χ3n) is 3.22. The highest BCUT2D eigenvalue weighted by atomic mass is 16.1. The summed E-state index contributed by atoms with van der Waals surface area (Å²) in [4.78, 5) is 11.4. The summed E-state index contributed by atoms with van der Waals surface area (Å²) in [6.07, 6.45) is 4.97. The second-order valence-electron chi connectivity index (χ2n) is 4.49. The summed E-state index contributed by atoms with van der Waals surface area (Å²) in [5.41, 5.74) is 5.87. The van der Waals surface area contributed by atoms with Gasteiger partial charge in [-0.3, -0.25) is 4.79 Å². The third-order valence-corrected chi connectivity index (χ3v) is 3.22. The van der Waals surface area contributed by atoms with E-state index >= 15 is 0 Å². The predicted molar refractivity (Wildman–Crippen MR) is 57.9 cm³/mol. The normalized spacial score (nSPS) is 16.8. The third kappa shape index (κ3) is 3.66. The van der Waals surface area contributed by atoms with Crippen molar-refractivity contribution in [2.24, 2.45) is 11.7 Å². The smallest absolute Gasteiger partial charge is 0.220 e. The first kappa shape index (κ1) is 11.5. The van der Waals surface area contributed by atoms with Crippen molar-refractivity contribution in [2.45, 2.75) is 51.5 Å². The first-order valence-electron chi connectivity index (χ1n) is 5.65. The number of carbonyl (C=O) groups is 1. The van der Waals surface area contributed by atoms with E-state index in [1.54, 1.807) is 0 Å².